The molecule has 2 N–H and O–H groups in total. The van der Waals surface area contributed by atoms with Gasteiger partial charge >= 0.3 is 7.82 Å². The first-order valence-corrected chi connectivity index (χ1v) is 10.8. The molecule has 2 aliphatic rings. The van der Waals surface area contributed by atoms with Crippen molar-refractivity contribution >= 4 is 30.3 Å². The Hall–Kier alpha value is -1.04. The number of likely N-dealkylation sites (tertiary alicyclic amines) is 1. The van der Waals surface area contributed by atoms with Crippen LogP contribution in [0.2, 0.25) is 0 Å². The van der Waals surface area contributed by atoms with Gasteiger partial charge in [-0.15, -0.1) is 11.6 Å². The van der Waals surface area contributed by atoms with Crippen molar-refractivity contribution in [3.63, 3.8) is 0 Å². The fourth-order valence-electron chi connectivity index (χ4n) is 4.68. The van der Waals surface area contributed by atoms with Crippen molar-refractivity contribution in [2.24, 2.45) is 5.92 Å². The predicted octanol–water partition coefficient (Wildman–Crippen LogP) is 3.14. The molecule has 0 bridgehead atoms. The maximum atomic E-state index is 11.3. The lowest BCUT2D eigenvalue weighted by molar-refractivity contribution is 0.105. The van der Waals surface area contributed by atoms with Crippen LogP contribution in [0.15, 0.2) is 24.4 Å². The van der Waals surface area contributed by atoms with Gasteiger partial charge in [-0.25, -0.2) is 4.57 Å². The minimum atomic E-state index is -4.63. The fourth-order valence-corrected chi connectivity index (χ4v) is 5.40. The summed E-state index contributed by atoms with van der Waals surface area (Å²) < 4.78 is 17.4. The maximum absolute atomic E-state index is 11.3. The molecule has 1 aliphatic carbocycles. The van der Waals surface area contributed by atoms with E-state index in [9.17, 15) is 14.4 Å². The molecular formula is C18H24ClN2O4P. The van der Waals surface area contributed by atoms with E-state index in [1.807, 2.05) is 12.1 Å². The van der Waals surface area contributed by atoms with Gasteiger partial charge in [0.25, 0.3) is 0 Å². The normalized spacial score (nSPS) is 29.2. The molecule has 4 rings (SSSR count). The molecule has 1 unspecified atom stereocenters. The predicted molar refractivity (Wildman–Crippen MR) is 101 cm³/mol. The van der Waals surface area contributed by atoms with Gasteiger partial charge in [-0.3, -0.25) is 9.79 Å². The van der Waals surface area contributed by atoms with E-state index in [0.29, 0.717) is 17.5 Å². The number of likely N-dealkylation sites (N-methyl/N-ethyl adjacent to an activating group) is 1. The molecule has 2 aromatic rings. The molecule has 142 valence electrons. The molecule has 1 fully saturated rings. The number of alkyl halides is 1. The van der Waals surface area contributed by atoms with E-state index in [2.05, 4.69) is 31.9 Å². The van der Waals surface area contributed by atoms with Crippen LogP contribution in [0.4, 0.5) is 0 Å². The van der Waals surface area contributed by atoms with E-state index in [4.69, 9.17) is 16.2 Å². The summed E-state index contributed by atoms with van der Waals surface area (Å²) in [5.41, 5.74) is 2.94. The number of fused-ring (bicyclic) bond motifs is 2. The highest BCUT2D eigenvalue weighted by molar-refractivity contribution is 7.46. The van der Waals surface area contributed by atoms with Gasteiger partial charge in [0, 0.05) is 30.1 Å². The average molecular weight is 399 g/mol. The highest BCUT2D eigenvalue weighted by Crippen LogP contribution is 2.49. The molecule has 1 aromatic carbocycles. The van der Waals surface area contributed by atoms with Crippen LogP contribution in [0.25, 0.3) is 10.9 Å². The summed E-state index contributed by atoms with van der Waals surface area (Å²) in [6.07, 6.45) is 3.42. The van der Waals surface area contributed by atoms with Crippen LogP contribution in [0.5, 0.6) is 0 Å². The summed E-state index contributed by atoms with van der Waals surface area (Å²) >= 11 is 7.00. The molecule has 0 saturated carbocycles. The summed E-state index contributed by atoms with van der Waals surface area (Å²) in [5.74, 6) is 0.645. The topological polar surface area (TPSA) is 74.9 Å². The highest BCUT2D eigenvalue weighted by atomic mass is 35.5. The van der Waals surface area contributed by atoms with Crippen LogP contribution in [0, 0.1) is 5.92 Å². The van der Waals surface area contributed by atoms with Gasteiger partial charge in [0.2, 0.25) is 0 Å². The van der Waals surface area contributed by atoms with Gasteiger partial charge in [0.05, 0.1) is 10.4 Å². The van der Waals surface area contributed by atoms with Gasteiger partial charge in [0.15, 0.2) is 0 Å². The van der Waals surface area contributed by atoms with Gasteiger partial charge in [0.1, 0.15) is 0 Å². The molecule has 8 heteroatoms. The summed E-state index contributed by atoms with van der Waals surface area (Å²) in [7, 11) is -2.51. The minimum Gasteiger partial charge on any atom is -0.311 e. The standard InChI is InChI=1S/C18H24ClN2O4P/c1-11(2)18(19)8-14-13-5-4-6-15-17(13)12(7-16(14)20(3)10-18)9-21(15)25-26(22,23)24/h4-6,9,11,14,16H,7-8,10H2,1-3H3,(H2,22,23,24)/t14-,16-,18?/m1/s1. The second-order valence-electron chi connectivity index (χ2n) is 7.98. The first-order chi connectivity index (χ1) is 12.1. The van der Waals surface area contributed by atoms with Crippen LogP contribution < -0.4 is 4.62 Å². The van der Waals surface area contributed by atoms with Crippen molar-refractivity contribution in [2.45, 2.75) is 43.5 Å². The Bertz CT molecular complexity index is 908. The number of aromatic nitrogens is 1. The van der Waals surface area contributed by atoms with Crippen molar-refractivity contribution in [2.75, 3.05) is 13.6 Å². The van der Waals surface area contributed by atoms with E-state index in [1.165, 1.54) is 10.3 Å². The summed E-state index contributed by atoms with van der Waals surface area (Å²) in [6.45, 7) is 5.17. The zero-order valence-corrected chi connectivity index (χ0v) is 16.7. The van der Waals surface area contributed by atoms with Crippen LogP contribution in [-0.2, 0) is 11.0 Å². The number of nitrogens with zero attached hydrogens (tertiary/aromatic N) is 2. The van der Waals surface area contributed by atoms with Crippen molar-refractivity contribution in [3.8, 4) is 0 Å². The minimum absolute atomic E-state index is 0.277. The molecule has 1 saturated heterocycles. The monoisotopic (exact) mass is 398 g/mol. The third-order valence-corrected chi connectivity index (χ3v) is 7.16. The van der Waals surface area contributed by atoms with Gasteiger partial charge in [-0.2, -0.15) is 4.73 Å². The molecule has 0 radical (unpaired) electrons. The number of phosphoric acid groups is 1. The van der Waals surface area contributed by atoms with Crippen molar-refractivity contribution in [3.05, 3.63) is 35.5 Å². The Morgan fingerprint density at radius 2 is 2.12 bits per heavy atom. The summed E-state index contributed by atoms with van der Waals surface area (Å²) in [6, 6.07) is 6.19. The Labute approximate surface area is 157 Å². The molecule has 6 nitrogen and oxygen atoms in total. The number of rotatable bonds is 3. The smallest absolute Gasteiger partial charge is 0.311 e. The first-order valence-electron chi connectivity index (χ1n) is 8.87. The lowest BCUT2D eigenvalue weighted by Gasteiger charge is -2.50. The van der Waals surface area contributed by atoms with Crippen LogP contribution in [-0.4, -0.2) is 43.9 Å². The summed E-state index contributed by atoms with van der Waals surface area (Å²) in [5, 5.41) is 1.04. The van der Waals surface area contributed by atoms with Crippen LogP contribution >= 0.6 is 19.4 Å². The Morgan fingerprint density at radius 3 is 2.77 bits per heavy atom. The molecule has 3 atom stereocenters. The van der Waals surface area contributed by atoms with Crippen molar-refractivity contribution in [1.29, 1.82) is 0 Å². The van der Waals surface area contributed by atoms with Gasteiger partial charge < -0.3 is 9.52 Å². The molecule has 26 heavy (non-hydrogen) atoms. The number of benzene rings is 1. The second-order valence-corrected chi connectivity index (χ2v) is 9.88. The van der Waals surface area contributed by atoms with E-state index in [-0.39, 0.29) is 10.8 Å². The van der Waals surface area contributed by atoms with E-state index in [1.54, 1.807) is 6.20 Å². The van der Waals surface area contributed by atoms with Crippen molar-refractivity contribution in [1.82, 2.24) is 9.63 Å². The zero-order chi connectivity index (χ0) is 18.9. The Balaban J connectivity index is 1.84. The van der Waals surface area contributed by atoms with Gasteiger partial charge in [-0.1, -0.05) is 26.0 Å². The number of hydrogen-bond acceptors (Lipinski definition) is 3. The number of piperidine rings is 1. The van der Waals surface area contributed by atoms with Gasteiger partial charge in [-0.05, 0) is 43.0 Å². The molecule has 2 heterocycles. The lowest BCUT2D eigenvalue weighted by Crippen LogP contribution is -2.55. The Morgan fingerprint density at radius 1 is 1.38 bits per heavy atom. The highest BCUT2D eigenvalue weighted by Gasteiger charge is 2.47. The van der Waals surface area contributed by atoms with Crippen molar-refractivity contribution < 1.29 is 19.0 Å². The third kappa shape index (κ3) is 2.88. The lowest BCUT2D eigenvalue weighted by atomic mass is 9.70. The fraction of sp³-hybridized carbons (Fsp3) is 0.556. The quantitative estimate of drug-likeness (QED) is 0.613. The van der Waals surface area contributed by atoms with Crippen LogP contribution in [0.1, 0.15) is 37.3 Å². The number of halogens is 1. The Kier molecular flexibility index (Phi) is 4.22. The SMILES string of the molecule is CC(C)C1(Cl)C[C@@H]2c3cccc4c3c(cn4OP(=O)(O)O)C[C@H]2N(C)C1. The van der Waals surface area contributed by atoms with Crippen LogP contribution in [0.3, 0.4) is 0 Å². The second kappa shape index (κ2) is 5.98. The van der Waals surface area contributed by atoms with E-state index in [0.717, 1.165) is 30.3 Å². The summed E-state index contributed by atoms with van der Waals surface area (Å²) in [4.78, 5) is 20.5. The molecule has 0 spiro atoms. The zero-order valence-electron chi connectivity index (χ0n) is 15.1. The number of hydrogen-bond donors (Lipinski definition) is 2. The first kappa shape index (κ1) is 18.3. The largest absolute Gasteiger partial charge is 0.543 e. The molecule has 1 aromatic heterocycles. The maximum Gasteiger partial charge on any atom is 0.543 e. The molecule has 0 amide bonds. The van der Waals surface area contributed by atoms with E-state index < -0.39 is 7.82 Å². The molecule has 1 aliphatic heterocycles. The van der Waals surface area contributed by atoms with E-state index >= 15 is 0 Å². The third-order valence-electron chi connectivity index (χ3n) is 6.07. The average Bonchev–Trinajstić information content (AvgIpc) is 2.86. The molecular weight excluding hydrogens is 375 g/mol.